The van der Waals surface area contributed by atoms with Crippen LogP contribution in [0.2, 0.25) is 10.0 Å². The second kappa shape index (κ2) is 8.28. The highest BCUT2D eigenvalue weighted by atomic mass is 35.5. The molecule has 0 spiro atoms. The van der Waals surface area contributed by atoms with E-state index < -0.39 is 0 Å². The monoisotopic (exact) mass is 400 g/mol. The molecule has 0 atom stereocenters. The summed E-state index contributed by atoms with van der Waals surface area (Å²) in [7, 11) is 0. The number of carbonyl (C=O) groups is 1. The van der Waals surface area contributed by atoms with E-state index >= 15 is 0 Å². The van der Waals surface area contributed by atoms with E-state index in [2.05, 4.69) is 19.2 Å². The van der Waals surface area contributed by atoms with Crippen LogP contribution in [0.1, 0.15) is 36.2 Å². The highest BCUT2D eigenvalue weighted by Crippen LogP contribution is 2.34. The number of halogens is 2. The Morgan fingerprint density at radius 2 is 1.89 bits per heavy atom. The van der Waals surface area contributed by atoms with Gasteiger partial charge in [-0.1, -0.05) is 55.2 Å². The molecule has 2 aromatic carbocycles. The van der Waals surface area contributed by atoms with Gasteiger partial charge in [-0.3, -0.25) is 4.79 Å². The van der Waals surface area contributed by atoms with Gasteiger partial charge in [-0.15, -0.1) is 0 Å². The SMILES string of the molecule is Cc1c(-c2ccc(Cl)cc2Cl)nc2ccccc2c1C(=O)NCCC(C)C. The number of amides is 1. The second-order valence-corrected chi connectivity index (χ2v) is 7.88. The van der Waals surface area contributed by atoms with Gasteiger partial charge >= 0.3 is 0 Å². The van der Waals surface area contributed by atoms with Crippen molar-refractivity contribution in [3.05, 3.63) is 63.6 Å². The number of para-hydroxylation sites is 1. The summed E-state index contributed by atoms with van der Waals surface area (Å²) in [4.78, 5) is 17.8. The third-order valence-electron chi connectivity index (χ3n) is 4.56. The molecule has 140 valence electrons. The van der Waals surface area contributed by atoms with Gasteiger partial charge in [-0.2, -0.15) is 0 Å². The lowest BCUT2D eigenvalue weighted by Gasteiger charge is -2.16. The van der Waals surface area contributed by atoms with Gasteiger partial charge in [0, 0.05) is 22.5 Å². The number of fused-ring (bicyclic) bond motifs is 1. The Bertz CT molecular complexity index is 999. The number of hydrogen-bond donors (Lipinski definition) is 1. The lowest BCUT2D eigenvalue weighted by atomic mass is 9.97. The number of hydrogen-bond acceptors (Lipinski definition) is 2. The van der Waals surface area contributed by atoms with Crippen molar-refractivity contribution in [3.8, 4) is 11.3 Å². The minimum atomic E-state index is -0.0851. The predicted molar refractivity (Wildman–Crippen MR) is 114 cm³/mol. The van der Waals surface area contributed by atoms with Gasteiger partial charge in [0.05, 0.1) is 21.8 Å². The summed E-state index contributed by atoms with van der Waals surface area (Å²) in [5.41, 5.74) is 3.67. The van der Waals surface area contributed by atoms with E-state index in [1.54, 1.807) is 12.1 Å². The number of benzene rings is 2. The molecule has 27 heavy (non-hydrogen) atoms. The molecule has 0 radical (unpaired) electrons. The van der Waals surface area contributed by atoms with Gasteiger partial charge < -0.3 is 5.32 Å². The van der Waals surface area contributed by atoms with E-state index in [1.165, 1.54) is 0 Å². The van der Waals surface area contributed by atoms with Gasteiger partial charge in [0.15, 0.2) is 0 Å². The van der Waals surface area contributed by atoms with Crippen molar-refractivity contribution in [3.63, 3.8) is 0 Å². The number of carbonyl (C=O) groups excluding carboxylic acids is 1. The van der Waals surface area contributed by atoms with E-state index in [-0.39, 0.29) is 5.91 Å². The van der Waals surface area contributed by atoms with E-state index in [0.29, 0.717) is 33.8 Å². The molecule has 3 nitrogen and oxygen atoms in total. The Morgan fingerprint density at radius 1 is 1.15 bits per heavy atom. The van der Waals surface area contributed by atoms with Crippen LogP contribution in [0.15, 0.2) is 42.5 Å². The Labute approximate surface area is 169 Å². The van der Waals surface area contributed by atoms with Gasteiger partial charge in [0.1, 0.15) is 0 Å². The molecular weight excluding hydrogens is 379 g/mol. The number of aromatic nitrogens is 1. The summed E-state index contributed by atoms with van der Waals surface area (Å²) in [5.74, 6) is 0.446. The van der Waals surface area contributed by atoms with Crippen LogP contribution >= 0.6 is 23.2 Å². The smallest absolute Gasteiger partial charge is 0.252 e. The Morgan fingerprint density at radius 3 is 2.59 bits per heavy atom. The van der Waals surface area contributed by atoms with Crippen molar-refractivity contribution >= 4 is 40.0 Å². The molecule has 0 fully saturated rings. The van der Waals surface area contributed by atoms with Crippen LogP contribution < -0.4 is 5.32 Å². The van der Waals surface area contributed by atoms with Crippen LogP contribution in [0.4, 0.5) is 0 Å². The molecule has 3 rings (SSSR count). The lowest BCUT2D eigenvalue weighted by molar-refractivity contribution is 0.0953. The summed E-state index contributed by atoms with van der Waals surface area (Å²) in [6, 6.07) is 13.0. The summed E-state index contributed by atoms with van der Waals surface area (Å²) in [6.45, 7) is 6.83. The Kier molecular flexibility index (Phi) is 6.03. The molecule has 1 amide bonds. The van der Waals surface area contributed by atoms with E-state index in [1.807, 2.05) is 37.3 Å². The van der Waals surface area contributed by atoms with E-state index in [4.69, 9.17) is 28.2 Å². The summed E-state index contributed by atoms with van der Waals surface area (Å²) in [6.07, 6.45) is 0.934. The van der Waals surface area contributed by atoms with Crippen molar-refractivity contribution < 1.29 is 4.79 Å². The molecule has 0 aliphatic heterocycles. The van der Waals surface area contributed by atoms with Crippen LogP contribution in [0, 0.1) is 12.8 Å². The molecule has 0 saturated carbocycles. The molecule has 0 saturated heterocycles. The number of nitrogens with one attached hydrogen (secondary N) is 1. The van der Waals surface area contributed by atoms with Crippen LogP contribution in [-0.4, -0.2) is 17.4 Å². The highest BCUT2D eigenvalue weighted by Gasteiger charge is 2.20. The maximum absolute atomic E-state index is 13.0. The molecule has 0 aliphatic rings. The summed E-state index contributed by atoms with van der Waals surface area (Å²) >= 11 is 12.4. The number of nitrogens with zero attached hydrogens (tertiary/aromatic N) is 1. The fraction of sp³-hybridized carbons (Fsp3) is 0.273. The standard InChI is InChI=1S/C22H22Cl2N2O/c1-13(2)10-11-25-22(27)20-14(3)21(16-9-8-15(23)12-18(16)24)26-19-7-5-4-6-17(19)20/h4-9,12-13H,10-11H2,1-3H3,(H,25,27). The van der Waals surface area contributed by atoms with Gasteiger partial charge in [0.25, 0.3) is 5.91 Å². The molecular formula is C22H22Cl2N2O. The molecule has 1 aromatic heterocycles. The molecule has 1 heterocycles. The van der Waals surface area contributed by atoms with Crippen molar-refractivity contribution in [1.82, 2.24) is 10.3 Å². The van der Waals surface area contributed by atoms with Crippen molar-refractivity contribution in [2.24, 2.45) is 5.92 Å². The lowest BCUT2D eigenvalue weighted by Crippen LogP contribution is -2.26. The maximum Gasteiger partial charge on any atom is 0.252 e. The van der Waals surface area contributed by atoms with E-state index in [0.717, 1.165) is 28.5 Å². The first kappa shape index (κ1) is 19.7. The molecule has 0 aliphatic carbocycles. The Hall–Kier alpha value is -2.10. The topological polar surface area (TPSA) is 42.0 Å². The molecule has 0 bridgehead atoms. The zero-order chi connectivity index (χ0) is 19.6. The molecule has 5 heteroatoms. The Balaban J connectivity index is 2.14. The first-order chi connectivity index (χ1) is 12.9. The van der Waals surface area contributed by atoms with Crippen molar-refractivity contribution in [2.45, 2.75) is 27.2 Å². The van der Waals surface area contributed by atoms with E-state index in [9.17, 15) is 4.79 Å². The van der Waals surface area contributed by atoms with Crippen LogP contribution in [0.5, 0.6) is 0 Å². The average Bonchev–Trinajstić information content (AvgIpc) is 2.61. The van der Waals surface area contributed by atoms with Crippen molar-refractivity contribution in [2.75, 3.05) is 6.54 Å². The predicted octanol–water partition coefficient (Wildman–Crippen LogP) is 6.29. The summed E-state index contributed by atoms with van der Waals surface area (Å²) in [5, 5.41) is 4.96. The quantitative estimate of drug-likeness (QED) is 0.546. The fourth-order valence-electron chi connectivity index (χ4n) is 3.11. The first-order valence-electron chi connectivity index (χ1n) is 9.01. The number of rotatable bonds is 5. The zero-order valence-corrected chi connectivity index (χ0v) is 17.2. The molecule has 3 aromatic rings. The zero-order valence-electron chi connectivity index (χ0n) is 15.6. The maximum atomic E-state index is 13.0. The van der Waals surface area contributed by atoms with Crippen LogP contribution in [0.3, 0.4) is 0 Å². The van der Waals surface area contributed by atoms with Gasteiger partial charge in [-0.25, -0.2) is 4.98 Å². The van der Waals surface area contributed by atoms with Gasteiger partial charge in [-0.05, 0) is 49.1 Å². The molecule has 0 unspecified atom stereocenters. The minimum absolute atomic E-state index is 0.0851. The number of pyridine rings is 1. The van der Waals surface area contributed by atoms with Crippen LogP contribution in [0.25, 0.3) is 22.2 Å². The first-order valence-corrected chi connectivity index (χ1v) is 9.77. The second-order valence-electron chi connectivity index (χ2n) is 7.04. The largest absolute Gasteiger partial charge is 0.352 e. The molecule has 1 N–H and O–H groups in total. The summed E-state index contributed by atoms with van der Waals surface area (Å²) < 4.78 is 0. The van der Waals surface area contributed by atoms with Crippen molar-refractivity contribution in [1.29, 1.82) is 0 Å². The average molecular weight is 401 g/mol. The minimum Gasteiger partial charge on any atom is -0.352 e. The third-order valence-corrected chi connectivity index (χ3v) is 5.10. The van der Waals surface area contributed by atoms with Gasteiger partial charge in [0.2, 0.25) is 0 Å². The van der Waals surface area contributed by atoms with Crippen LogP contribution in [-0.2, 0) is 0 Å². The fourth-order valence-corrected chi connectivity index (χ4v) is 3.60. The highest BCUT2D eigenvalue weighted by molar-refractivity contribution is 6.36. The third kappa shape index (κ3) is 4.26. The normalized spacial score (nSPS) is 11.2.